The Hall–Kier alpha value is -2.27. The summed E-state index contributed by atoms with van der Waals surface area (Å²) in [6, 6.07) is 11.9. The standard InChI is InChI=1S/C19H23N3O2/c1-21-10-4-5-15(21)13-22-11-8-19(9-12-22)14-24-17-7-3-2-6-16(17)20-18(19)23/h2-7,10H,8-9,11-14H2,1H3,(H,20,23). The molecular weight excluding hydrogens is 302 g/mol. The first-order valence-electron chi connectivity index (χ1n) is 8.52. The SMILES string of the molecule is Cn1cccc1CN1CCC2(CC1)COc1ccccc1NC2=O. The Morgan fingerprint density at radius 3 is 2.71 bits per heavy atom. The highest BCUT2D eigenvalue weighted by molar-refractivity contribution is 5.97. The molecule has 126 valence electrons. The van der Waals surface area contributed by atoms with Crippen molar-refractivity contribution >= 4 is 11.6 Å². The third kappa shape index (κ3) is 2.69. The minimum absolute atomic E-state index is 0.103. The minimum Gasteiger partial charge on any atom is -0.490 e. The molecule has 2 aliphatic heterocycles. The highest BCUT2D eigenvalue weighted by Crippen LogP contribution is 2.38. The van der Waals surface area contributed by atoms with E-state index >= 15 is 0 Å². The van der Waals surface area contributed by atoms with Crippen LogP contribution in [0.25, 0.3) is 0 Å². The highest BCUT2D eigenvalue weighted by atomic mass is 16.5. The number of piperidine rings is 1. The lowest BCUT2D eigenvalue weighted by Gasteiger charge is -2.39. The lowest BCUT2D eigenvalue weighted by molar-refractivity contribution is -0.130. The molecule has 3 heterocycles. The molecule has 1 fully saturated rings. The molecule has 0 aliphatic carbocycles. The van der Waals surface area contributed by atoms with E-state index < -0.39 is 5.41 Å². The first kappa shape index (κ1) is 15.3. The van der Waals surface area contributed by atoms with Crippen LogP contribution in [0.15, 0.2) is 42.6 Å². The number of carbonyl (C=O) groups excluding carboxylic acids is 1. The van der Waals surface area contributed by atoms with Gasteiger partial charge in [-0.3, -0.25) is 9.69 Å². The lowest BCUT2D eigenvalue weighted by atomic mass is 9.78. The van der Waals surface area contributed by atoms with Crippen LogP contribution in [0, 0.1) is 5.41 Å². The number of nitrogens with zero attached hydrogens (tertiary/aromatic N) is 2. The van der Waals surface area contributed by atoms with Crippen LogP contribution in [0.2, 0.25) is 0 Å². The Kier molecular flexibility index (Phi) is 3.81. The summed E-state index contributed by atoms with van der Waals surface area (Å²) in [5.41, 5.74) is 1.68. The van der Waals surface area contributed by atoms with Crippen LogP contribution in [-0.2, 0) is 18.4 Å². The summed E-state index contributed by atoms with van der Waals surface area (Å²) >= 11 is 0. The molecule has 1 aromatic carbocycles. The van der Waals surface area contributed by atoms with E-state index in [1.54, 1.807) is 0 Å². The van der Waals surface area contributed by atoms with Crippen LogP contribution < -0.4 is 10.1 Å². The summed E-state index contributed by atoms with van der Waals surface area (Å²) in [6.07, 6.45) is 3.74. The van der Waals surface area contributed by atoms with Gasteiger partial charge in [-0.1, -0.05) is 12.1 Å². The second kappa shape index (κ2) is 5.98. The molecule has 1 amide bonds. The molecule has 5 heteroatoms. The van der Waals surface area contributed by atoms with Crippen molar-refractivity contribution in [1.82, 2.24) is 9.47 Å². The van der Waals surface area contributed by atoms with Gasteiger partial charge in [-0.15, -0.1) is 0 Å². The van der Waals surface area contributed by atoms with Crippen LogP contribution in [0.1, 0.15) is 18.5 Å². The third-order valence-corrected chi connectivity index (χ3v) is 5.37. The number of aromatic nitrogens is 1. The Bertz CT molecular complexity index is 745. The van der Waals surface area contributed by atoms with E-state index in [1.165, 1.54) is 5.69 Å². The molecule has 0 atom stereocenters. The molecule has 4 rings (SSSR count). The molecule has 1 spiro atoms. The largest absolute Gasteiger partial charge is 0.490 e. The van der Waals surface area contributed by atoms with Crippen molar-refractivity contribution in [2.24, 2.45) is 12.5 Å². The molecule has 0 radical (unpaired) electrons. The Balaban J connectivity index is 1.45. The Labute approximate surface area is 142 Å². The van der Waals surface area contributed by atoms with Gasteiger partial charge in [-0.05, 0) is 50.2 Å². The molecule has 0 saturated carbocycles. The number of amides is 1. The Morgan fingerprint density at radius 1 is 1.17 bits per heavy atom. The van der Waals surface area contributed by atoms with E-state index in [9.17, 15) is 4.79 Å². The molecule has 5 nitrogen and oxygen atoms in total. The maximum absolute atomic E-state index is 12.8. The number of anilines is 1. The van der Waals surface area contributed by atoms with E-state index in [2.05, 4.69) is 40.2 Å². The van der Waals surface area contributed by atoms with Crippen molar-refractivity contribution in [2.75, 3.05) is 25.0 Å². The zero-order valence-electron chi connectivity index (χ0n) is 14.0. The van der Waals surface area contributed by atoms with Crippen molar-refractivity contribution in [2.45, 2.75) is 19.4 Å². The zero-order chi connectivity index (χ0) is 16.6. The zero-order valence-corrected chi connectivity index (χ0v) is 14.0. The van der Waals surface area contributed by atoms with E-state index in [1.807, 2.05) is 24.3 Å². The van der Waals surface area contributed by atoms with Crippen molar-refractivity contribution in [3.63, 3.8) is 0 Å². The number of carbonyl (C=O) groups is 1. The fraction of sp³-hybridized carbons (Fsp3) is 0.421. The average Bonchev–Trinajstić information content (AvgIpc) is 2.94. The smallest absolute Gasteiger partial charge is 0.234 e. The van der Waals surface area contributed by atoms with Crippen LogP contribution in [0.3, 0.4) is 0 Å². The van der Waals surface area contributed by atoms with E-state index in [-0.39, 0.29) is 5.91 Å². The number of ether oxygens (including phenoxy) is 1. The summed E-state index contributed by atoms with van der Waals surface area (Å²) in [5, 5.41) is 3.07. The lowest BCUT2D eigenvalue weighted by Crippen LogP contribution is -2.48. The average molecular weight is 325 g/mol. The van der Waals surface area contributed by atoms with Crippen molar-refractivity contribution in [3.05, 3.63) is 48.3 Å². The fourth-order valence-electron chi connectivity index (χ4n) is 3.63. The topological polar surface area (TPSA) is 46.5 Å². The number of para-hydroxylation sites is 2. The molecule has 2 aromatic rings. The number of rotatable bonds is 2. The van der Waals surface area contributed by atoms with E-state index in [0.29, 0.717) is 6.61 Å². The number of nitrogens with one attached hydrogen (secondary N) is 1. The summed E-state index contributed by atoms with van der Waals surface area (Å²) in [4.78, 5) is 15.2. The molecule has 24 heavy (non-hydrogen) atoms. The monoisotopic (exact) mass is 325 g/mol. The molecule has 0 unspecified atom stereocenters. The fourth-order valence-corrected chi connectivity index (χ4v) is 3.63. The van der Waals surface area contributed by atoms with Gasteiger partial charge in [-0.25, -0.2) is 0 Å². The van der Waals surface area contributed by atoms with Crippen LogP contribution >= 0.6 is 0 Å². The molecular formula is C19H23N3O2. The third-order valence-electron chi connectivity index (χ3n) is 5.37. The normalized spacial score (nSPS) is 20.1. The van der Waals surface area contributed by atoms with Gasteiger partial charge in [0.15, 0.2) is 0 Å². The molecule has 0 bridgehead atoms. The maximum Gasteiger partial charge on any atom is 0.234 e. The van der Waals surface area contributed by atoms with E-state index in [0.717, 1.165) is 43.9 Å². The quantitative estimate of drug-likeness (QED) is 0.923. The van der Waals surface area contributed by atoms with Gasteiger partial charge >= 0.3 is 0 Å². The second-order valence-electron chi connectivity index (χ2n) is 6.91. The molecule has 2 aliphatic rings. The molecule has 1 saturated heterocycles. The summed E-state index contributed by atoms with van der Waals surface area (Å²) < 4.78 is 8.12. The highest BCUT2D eigenvalue weighted by Gasteiger charge is 2.44. The van der Waals surface area contributed by atoms with Crippen LogP contribution in [0.4, 0.5) is 5.69 Å². The van der Waals surface area contributed by atoms with Gasteiger partial charge in [0.25, 0.3) is 0 Å². The summed E-state index contributed by atoms with van der Waals surface area (Å²) in [6.45, 7) is 3.23. The first-order chi connectivity index (χ1) is 11.7. The minimum atomic E-state index is -0.413. The predicted molar refractivity (Wildman–Crippen MR) is 92.9 cm³/mol. The van der Waals surface area contributed by atoms with Crippen LogP contribution in [-0.4, -0.2) is 35.1 Å². The number of hydrogen-bond donors (Lipinski definition) is 1. The van der Waals surface area contributed by atoms with Gasteiger partial charge in [0.05, 0.1) is 11.1 Å². The van der Waals surface area contributed by atoms with E-state index in [4.69, 9.17) is 4.74 Å². The number of likely N-dealkylation sites (tertiary alicyclic amines) is 1. The van der Waals surface area contributed by atoms with Gasteiger partial charge in [0.1, 0.15) is 12.4 Å². The second-order valence-corrected chi connectivity index (χ2v) is 6.91. The maximum atomic E-state index is 12.8. The molecule has 1 N–H and O–H groups in total. The van der Waals surface area contributed by atoms with Gasteiger partial charge in [0.2, 0.25) is 5.91 Å². The number of benzene rings is 1. The Morgan fingerprint density at radius 2 is 1.96 bits per heavy atom. The van der Waals surface area contributed by atoms with Crippen molar-refractivity contribution < 1.29 is 9.53 Å². The van der Waals surface area contributed by atoms with Crippen molar-refractivity contribution in [1.29, 1.82) is 0 Å². The first-order valence-corrected chi connectivity index (χ1v) is 8.52. The van der Waals surface area contributed by atoms with Crippen LogP contribution in [0.5, 0.6) is 5.75 Å². The van der Waals surface area contributed by atoms with Crippen molar-refractivity contribution in [3.8, 4) is 5.75 Å². The molecule has 1 aromatic heterocycles. The number of fused-ring (bicyclic) bond motifs is 1. The predicted octanol–water partition coefficient (Wildman–Crippen LogP) is 2.64. The summed E-state index contributed by atoms with van der Waals surface area (Å²) in [5.74, 6) is 0.875. The number of hydrogen-bond acceptors (Lipinski definition) is 3. The van der Waals surface area contributed by atoms with Gasteiger partial charge in [0, 0.05) is 25.5 Å². The number of aryl methyl sites for hydroxylation is 1. The van der Waals surface area contributed by atoms with Gasteiger partial charge in [-0.2, -0.15) is 0 Å². The summed E-state index contributed by atoms with van der Waals surface area (Å²) in [7, 11) is 2.07. The van der Waals surface area contributed by atoms with Gasteiger partial charge < -0.3 is 14.6 Å².